The number of aromatic nitrogens is 2. The third kappa shape index (κ3) is 4.07. The zero-order valence-corrected chi connectivity index (χ0v) is 14.2. The maximum absolute atomic E-state index is 12.7. The number of hydrogen-bond donors (Lipinski definition) is 1. The van der Waals surface area contributed by atoms with Crippen LogP contribution in [0.2, 0.25) is 0 Å². The predicted molar refractivity (Wildman–Crippen MR) is 99.6 cm³/mol. The zero-order chi connectivity index (χ0) is 17.5. The van der Waals surface area contributed by atoms with Crippen LogP contribution in [0.1, 0.15) is 12.0 Å². The van der Waals surface area contributed by atoms with Gasteiger partial charge in [-0.3, -0.25) is 9.36 Å². The highest BCUT2D eigenvalue weighted by Crippen LogP contribution is 2.20. The quantitative estimate of drug-likeness (QED) is 0.673. The Morgan fingerprint density at radius 3 is 2.64 bits per heavy atom. The van der Waals surface area contributed by atoms with Gasteiger partial charge in [0.05, 0.1) is 12.8 Å². The van der Waals surface area contributed by atoms with Crippen LogP contribution in [-0.2, 0) is 6.42 Å². The van der Waals surface area contributed by atoms with Crippen LogP contribution >= 0.6 is 0 Å². The van der Waals surface area contributed by atoms with Crippen molar-refractivity contribution in [2.75, 3.05) is 19.0 Å². The van der Waals surface area contributed by atoms with Crippen molar-refractivity contribution in [3.05, 3.63) is 82.9 Å². The Morgan fingerprint density at radius 1 is 1.08 bits per heavy atom. The molecule has 128 valence electrons. The van der Waals surface area contributed by atoms with E-state index in [2.05, 4.69) is 22.4 Å². The molecular weight excluding hydrogens is 314 g/mol. The van der Waals surface area contributed by atoms with Crippen molar-refractivity contribution >= 4 is 5.82 Å². The maximum Gasteiger partial charge on any atom is 0.297 e. The number of para-hydroxylation sites is 2. The van der Waals surface area contributed by atoms with Crippen molar-refractivity contribution in [3.63, 3.8) is 0 Å². The van der Waals surface area contributed by atoms with Crippen molar-refractivity contribution < 1.29 is 4.74 Å². The van der Waals surface area contributed by atoms with E-state index in [-0.39, 0.29) is 5.56 Å². The van der Waals surface area contributed by atoms with E-state index < -0.39 is 0 Å². The number of anilines is 1. The van der Waals surface area contributed by atoms with Crippen LogP contribution in [0, 0.1) is 0 Å². The van der Waals surface area contributed by atoms with Crippen molar-refractivity contribution in [1.82, 2.24) is 9.55 Å². The number of rotatable bonds is 7. The SMILES string of the molecule is COc1ccccc1-n1ccnc(NCCCc2ccccc2)c1=O. The highest BCUT2D eigenvalue weighted by Gasteiger charge is 2.09. The Balaban J connectivity index is 1.70. The molecule has 0 saturated heterocycles. The van der Waals surface area contributed by atoms with Crippen molar-refractivity contribution in [2.24, 2.45) is 0 Å². The number of benzene rings is 2. The topological polar surface area (TPSA) is 56.1 Å². The highest BCUT2D eigenvalue weighted by molar-refractivity contribution is 5.48. The normalized spacial score (nSPS) is 10.4. The van der Waals surface area contributed by atoms with Crippen LogP contribution in [0.15, 0.2) is 71.8 Å². The fourth-order valence-corrected chi connectivity index (χ4v) is 2.70. The third-order valence-corrected chi connectivity index (χ3v) is 3.96. The maximum atomic E-state index is 12.7. The molecule has 3 aromatic rings. The van der Waals surface area contributed by atoms with Gasteiger partial charge in [-0.15, -0.1) is 0 Å². The summed E-state index contributed by atoms with van der Waals surface area (Å²) in [6, 6.07) is 17.7. The van der Waals surface area contributed by atoms with Crippen molar-refractivity contribution in [3.8, 4) is 11.4 Å². The van der Waals surface area contributed by atoms with Crippen LogP contribution in [0.5, 0.6) is 5.75 Å². The molecule has 25 heavy (non-hydrogen) atoms. The monoisotopic (exact) mass is 335 g/mol. The first-order valence-corrected chi connectivity index (χ1v) is 8.28. The van der Waals surface area contributed by atoms with Crippen molar-refractivity contribution in [2.45, 2.75) is 12.8 Å². The summed E-state index contributed by atoms with van der Waals surface area (Å²) < 4.78 is 6.89. The predicted octanol–water partition coefficient (Wildman–Crippen LogP) is 3.29. The summed E-state index contributed by atoms with van der Waals surface area (Å²) in [4.78, 5) is 16.9. The molecule has 0 aliphatic rings. The van der Waals surface area contributed by atoms with E-state index in [0.29, 0.717) is 23.8 Å². The van der Waals surface area contributed by atoms with Crippen LogP contribution < -0.4 is 15.6 Å². The molecule has 2 aromatic carbocycles. The molecule has 0 saturated carbocycles. The van der Waals surface area contributed by atoms with Gasteiger partial charge in [0, 0.05) is 18.9 Å². The molecule has 1 heterocycles. The molecular formula is C20H21N3O2. The first-order valence-electron chi connectivity index (χ1n) is 8.28. The Hall–Kier alpha value is -3.08. The molecule has 0 radical (unpaired) electrons. The van der Waals surface area contributed by atoms with Gasteiger partial charge in [-0.25, -0.2) is 4.98 Å². The first-order chi connectivity index (χ1) is 12.3. The number of ether oxygens (including phenoxy) is 1. The molecule has 3 rings (SSSR count). The molecule has 0 amide bonds. The molecule has 1 N–H and O–H groups in total. The highest BCUT2D eigenvalue weighted by atomic mass is 16.5. The minimum atomic E-state index is -0.188. The van der Waals surface area contributed by atoms with Crippen LogP contribution in [0.3, 0.4) is 0 Å². The Kier molecular flexibility index (Phi) is 5.46. The summed E-state index contributed by atoms with van der Waals surface area (Å²) in [5.74, 6) is 0.993. The Labute approximate surface area is 146 Å². The lowest BCUT2D eigenvalue weighted by atomic mass is 10.1. The molecule has 0 aliphatic heterocycles. The second-order valence-corrected chi connectivity index (χ2v) is 5.64. The average molecular weight is 335 g/mol. The van der Waals surface area contributed by atoms with E-state index in [1.807, 2.05) is 42.5 Å². The minimum absolute atomic E-state index is 0.188. The van der Waals surface area contributed by atoms with Gasteiger partial charge in [-0.05, 0) is 30.5 Å². The summed E-state index contributed by atoms with van der Waals surface area (Å²) in [5, 5.41) is 3.15. The smallest absolute Gasteiger partial charge is 0.297 e. The number of methoxy groups -OCH3 is 1. The molecule has 0 atom stereocenters. The van der Waals surface area contributed by atoms with Crippen LogP contribution in [-0.4, -0.2) is 23.2 Å². The molecule has 0 aliphatic carbocycles. The van der Waals surface area contributed by atoms with Gasteiger partial charge in [-0.1, -0.05) is 42.5 Å². The number of hydrogen-bond acceptors (Lipinski definition) is 4. The van der Waals surface area contributed by atoms with Gasteiger partial charge in [0.1, 0.15) is 5.75 Å². The van der Waals surface area contributed by atoms with E-state index in [1.165, 1.54) is 5.56 Å². The van der Waals surface area contributed by atoms with E-state index in [4.69, 9.17) is 4.74 Å². The lowest BCUT2D eigenvalue weighted by Crippen LogP contribution is -2.24. The standard InChI is InChI=1S/C20H21N3O2/c1-25-18-12-6-5-11-17(18)23-15-14-22-19(20(23)24)21-13-7-10-16-8-3-2-4-9-16/h2-6,8-9,11-12,14-15H,7,10,13H2,1H3,(H,21,22). The number of nitrogens with one attached hydrogen (secondary N) is 1. The van der Waals surface area contributed by atoms with Gasteiger partial charge in [0.25, 0.3) is 5.56 Å². The fraction of sp³-hybridized carbons (Fsp3) is 0.200. The lowest BCUT2D eigenvalue weighted by Gasteiger charge is -2.12. The Bertz CT molecular complexity index is 875. The average Bonchev–Trinajstić information content (AvgIpc) is 2.67. The van der Waals surface area contributed by atoms with Crippen LogP contribution in [0.4, 0.5) is 5.82 Å². The van der Waals surface area contributed by atoms with E-state index >= 15 is 0 Å². The molecule has 5 heteroatoms. The minimum Gasteiger partial charge on any atom is -0.495 e. The molecule has 5 nitrogen and oxygen atoms in total. The molecule has 0 fully saturated rings. The number of aryl methyl sites for hydroxylation is 1. The molecule has 0 bridgehead atoms. The first kappa shape index (κ1) is 16.8. The van der Waals surface area contributed by atoms with Crippen molar-refractivity contribution in [1.29, 1.82) is 0 Å². The van der Waals surface area contributed by atoms with Crippen LogP contribution in [0.25, 0.3) is 5.69 Å². The summed E-state index contributed by atoms with van der Waals surface area (Å²) in [5.41, 5.74) is 1.80. The summed E-state index contributed by atoms with van der Waals surface area (Å²) in [7, 11) is 1.59. The zero-order valence-electron chi connectivity index (χ0n) is 14.2. The fourth-order valence-electron chi connectivity index (χ4n) is 2.70. The molecule has 0 unspecified atom stereocenters. The molecule has 1 aromatic heterocycles. The summed E-state index contributed by atoms with van der Waals surface area (Å²) in [6.45, 7) is 0.688. The van der Waals surface area contributed by atoms with E-state index in [1.54, 1.807) is 24.1 Å². The summed E-state index contributed by atoms with van der Waals surface area (Å²) in [6.07, 6.45) is 5.15. The second kappa shape index (κ2) is 8.15. The van der Waals surface area contributed by atoms with Gasteiger partial charge >= 0.3 is 0 Å². The Morgan fingerprint density at radius 2 is 1.84 bits per heavy atom. The van der Waals surface area contributed by atoms with Gasteiger partial charge in [-0.2, -0.15) is 0 Å². The number of nitrogens with zero attached hydrogens (tertiary/aromatic N) is 2. The lowest BCUT2D eigenvalue weighted by molar-refractivity contribution is 0.412. The summed E-state index contributed by atoms with van der Waals surface area (Å²) >= 11 is 0. The van der Waals surface area contributed by atoms with Gasteiger partial charge in [0.2, 0.25) is 0 Å². The van der Waals surface area contributed by atoms with Gasteiger partial charge < -0.3 is 10.1 Å². The third-order valence-electron chi connectivity index (χ3n) is 3.96. The largest absolute Gasteiger partial charge is 0.495 e. The second-order valence-electron chi connectivity index (χ2n) is 5.64. The molecule has 0 spiro atoms. The van der Waals surface area contributed by atoms with E-state index in [0.717, 1.165) is 12.8 Å². The van der Waals surface area contributed by atoms with Gasteiger partial charge in [0.15, 0.2) is 5.82 Å². The van der Waals surface area contributed by atoms with E-state index in [9.17, 15) is 4.79 Å².